The van der Waals surface area contributed by atoms with Gasteiger partial charge in [-0.25, -0.2) is 4.79 Å². The van der Waals surface area contributed by atoms with Gasteiger partial charge >= 0.3 is 11.9 Å². The molecule has 1 fully saturated rings. The van der Waals surface area contributed by atoms with E-state index in [4.69, 9.17) is 0 Å². The Morgan fingerprint density at radius 1 is 0.935 bits per heavy atom. The highest BCUT2D eigenvalue weighted by molar-refractivity contribution is 5.29. The molecule has 0 bridgehead atoms. The lowest BCUT2D eigenvalue weighted by Gasteiger charge is -2.30. The summed E-state index contributed by atoms with van der Waals surface area (Å²) in [6, 6.07) is 15.1. The van der Waals surface area contributed by atoms with Crippen LogP contribution in [-0.4, -0.2) is 9.55 Å². The topological polar surface area (TPSA) is 54.9 Å². The van der Waals surface area contributed by atoms with Crippen LogP contribution in [-0.2, 0) is 12.6 Å². The van der Waals surface area contributed by atoms with Gasteiger partial charge in [-0.2, -0.15) is 13.2 Å². The maximum atomic E-state index is 13.0. The highest BCUT2D eigenvalue weighted by Crippen LogP contribution is 2.37. The number of aromatic amines is 1. The van der Waals surface area contributed by atoms with Crippen molar-refractivity contribution in [1.82, 2.24) is 9.55 Å². The summed E-state index contributed by atoms with van der Waals surface area (Å²) < 4.78 is 40.5. The summed E-state index contributed by atoms with van der Waals surface area (Å²) in [5.74, 6) is 0.445. The van der Waals surface area contributed by atoms with Gasteiger partial charge in [0.2, 0.25) is 0 Å². The molecule has 4 rings (SSSR count). The number of alkyl halides is 3. The van der Waals surface area contributed by atoms with Crippen LogP contribution in [0.2, 0.25) is 0 Å². The molecule has 1 saturated carbocycles. The van der Waals surface area contributed by atoms with Crippen LogP contribution in [0.1, 0.15) is 59.9 Å². The minimum absolute atomic E-state index is 0.0267. The minimum Gasteiger partial charge on any atom is -0.297 e. The van der Waals surface area contributed by atoms with Crippen molar-refractivity contribution < 1.29 is 13.2 Å². The van der Waals surface area contributed by atoms with E-state index in [2.05, 4.69) is 17.1 Å². The van der Waals surface area contributed by atoms with E-state index < -0.39 is 23.0 Å². The van der Waals surface area contributed by atoms with Gasteiger partial charge in [-0.3, -0.25) is 14.3 Å². The summed E-state index contributed by atoms with van der Waals surface area (Å²) in [4.78, 5) is 27.1. The molecule has 0 aliphatic heterocycles. The van der Waals surface area contributed by atoms with E-state index in [0.717, 1.165) is 37.8 Å². The van der Waals surface area contributed by atoms with Gasteiger partial charge < -0.3 is 0 Å². The first kappa shape index (κ1) is 21.2. The number of halogens is 3. The van der Waals surface area contributed by atoms with Crippen LogP contribution in [0.15, 0.2) is 70.4 Å². The lowest BCUT2D eigenvalue weighted by Crippen LogP contribution is -2.35. The van der Waals surface area contributed by atoms with Crippen LogP contribution in [0.25, 0.3) is 0 Å². The predicted molar refractivity (Wildman–Crippen MR) is 112 cm³/mol. The van der Waals surface area contributed by atoms with Gasteiger partial charge in [0, 0.05) is 24.2 Å². The second-order valence-corrected chi connectivity index (χ2v) is 8.11. The molecule has 0 saturated heterocycles. The molecule has 162 valence electrons. The monoisotopic (exact) mass is 428 g/mol. The summed E-state index contributed by atoms with van der Waals surface area (Å²) in [5.41, 5.74) is 0.161. The fourth-order valence-electron chi connectivity index (χ4n) is 4.41. The molecule has 1 aromatic heterocycles. The molecule has 0 radical (unpaired) electrons. The molecule has 0 spiro atoms. The summed E-state index contributed by atoms with van der Waals surface area (Å²) in [6.07, 6.45) is 0.571. The minimum atomic E-state index is -4.45. The lowest BCUT2D eigenvalue weighted by atomic mass is 9.81. The fraction of sp³-hybridized carbons (Fsp3) is 0.333. The first-order chi connectivity index (χ1) is 14.8. The number of H-pyrrole nitrogens is 1. The number of benzene rings is 2. The third-order valence-corrected chi connectivity index (χ3v) is 6.05. The molecule has 2 aromatic carbocycles. The Kier molecular flexibility index (Phi) is 5.85. The SMILES string of the molecule is O=c1[nH]c(=O)n(C2CCC(c3ccccc3)CC2)cc1Cc1cccc(C(F)(F)F)c1. The number of aromatic nitrogens is 2. The highest BCUT2D eigenvalue weighted by atomic mass is 19.4. The van der Waals surface area contributed by atoms with E-state index in [1.165, 1.54) is 17.8 Å². The number of rotatable bonds is 4. The Morgan fingerprint density at radius 2 is 1.65 bits per heavy atom. The van der Waals surface area contributed by atoms with Crippen LogP contribution >= 0.6 is 0 Å². The van der Waals surface area contributed by atoms with Crippen LogP contribution in [0.3, 0.4) is 0 Å². The summed E-state index contributed by atoms with van der Waals surface area (Å²) in [7, 11) is 0. The third kappa shape index (κ3) is 4.81. The van der Waals surface area contributed by atoms with Crippen molar-refractivity contribution in [3.8, 4) is 0 Å². The molecule has 1 aliphatic rings. The van der Waals surface area contributed by atoms with Gasteiger partial charge in [-0.1, -0.05) is 48.5 Å². The van der Waals surface area contributed by atoms with Crippen molar-refractivity contribution in [2.75, 3.05) is 0 Å². The Hall–Kier alpha value is -3.09. The maximum absolute atomic E-state index is 13.0. The molecule has 1 N–H and O–H groups in total. The van der Waals surface area contributed by atoms with E-state index in [0.29, 0.717) is 11.5 Å². The van der Waals surface area contributed by atoms with Crippen molar-refractivity contribution in [3.05, 3.63) is 104 Å². The molecule has 1 heterocycles. The predicted octanol–water partition coefficient (Wildman–Crippen LogP) is 5.05. The summed E-state index contributed by atoms with van der Waals surface area (Å²) in [5, 5.41) is 0. The normalized spacial score (nSPS) is 19.3. The summed E-state index contributed by atoms with van der Waals surface area (Å²) in [6.45, 7) is 0. The first-order valence-electron chi connectivity index (χ1n) is 10.4. The Labute approximate surface area is 177 Å². The second kappa shape index (κ2) is 8.57. The highest BCUT2D eigenvalue weighted by Gasteiger charge is 2.30. The van der Waals surface area contributed by atoms with E-state index in [1.54, 1.807) is 10.6 Å². The molecule has 7 heteroatoms. The average Bonchev–Trinajstić information content (AvgIpc) is 2.76. The number of hydrogen-bond donors (Lipinski definition) is 1. The smallest absolute Gasteiger partial charge is 0.297 e. The van der Waals surface area contributed by atoms with E-state index in [-0.39, 0.29) is 18.0 Å². The fourth-order valence-corrected chi connectivity index (χ4v) is 4.41. The Morgan fingerprint density at radius 3 is 2.32 bits per heavy atom. The molecular weight excluding hydrogens is 405 g/mol. The van der Waals surface area contributed by atoms with Crippen molar-refractivity contribution in [3.63, 3.8) is 0 Å². The zero-order valence-electron chi connectivity index (χ0n) is 16.9. The van der Waals surface area contributed by atoms with Gasteiger partial charge in [-0.05, 0) is 48.8 Å². The number of hydrogen-bond acceptors (Lipinski definition) is 2. The molecular formula is C24H23F3N2O2. The van der Waals surface area contributed by atoms with Gasteiger partial charge in [0.1, 0.15) is 0 Å². The van der Waals surface area contributed by atoms with Gasteiger partial charge in [0.15, 0.2) is 0 Å². The maximum Gasteiger partial charge on any atom is 0.416 e. The molecule has 1 aliphatic carbocycles. The van der Waals surface area contributed by atoms with E-state index >= 15 is 0 Å². The number of nitrogens with zero attached hydrogens (tertiary/aromatic N) is 1. The van der Waals surface area contributed by atoms with Crippen LogP contribution in [0, 0.1) is 0 Å². The van der Waals surface area contributed by atoms with Crippen molar-refractivity contribution in [1.29, 1.82) is 0 Å². The van der Waals surface area contributed by atoms with Crippen molar-refractivity contribution >= 4 is 0 Å². The molecule has 4 nitrogen and oxygen atoms in total. The van der Waals surface area contributed by atoms with Crippen molar-refractivity contribution in [2.45, 2.75) is 50.2 Å². The molecule has 0 unspecified atom stereocenters. The molecule has 31 heavy (non-hydrogen) atoms. The second-order valence-electron chi connectivity index (χ2n) is 8.11. The van der Waals surface area contributed by atoms with E-state index in [9.17, 15) is 22.8 Å². The Bertz CT molecular complexity index is 1160. The van der Waals surface area contributed by atoms with Crippen LogP contribution in [0.4, 0.5) is 13.2 Å². The molecule has 3 aromatic rings. The van der Waals surface area contributed by atoms with Crippen LogP contribution in [0.5, 0.6) is 0 Å². The van der Waals surface area contributed by atoms with Gasteiger partial charge in [0.25, 0.3) is 5.56 Å². The van der Waals surface area contributed by atoms with E-state index in [1.807, 2.05) is 18.2 Å². The third-order valence-electron chi connectivity index (χ3n) is 6.05. The van der Waals surface area contributed by atoms with Gasteiger partial charge in [0.05, 0.1) is 5.56 Å². The lowest BCUT2D eigenvalue weighted by molar-refractivity contribution is -0.137. The average molecular weight is 428 g/mol. The molecule has 0 atom stereocenters. The standard InChI is InChI=1S/C24H23F3N2O2/c25-24(26,27)20-8-4-5-16(14-20)13-19-15-29(23(31)28-22(19)30)21-11-9-18(10-12-21)17-6-2-1-3-7-17/h1-8,14-15,18,21H,9-13H2,(H,28,30,31). The largest absolute Gasteiger partial charge is 0.416 e. The molecule has 0 amide bonds. The zero-order valence-corrected chi connectivity index (χ0v) is 16.9. The van der Waals surface area contributed by atoms with Crippen LogP contribution < -0.4 is 11.2 Å². The zero-order chi connectivity index (χ0) is 22.0. The Balaban J connectivity index is 1.54. The van der Waals surface area contributed by atoms with Gasteiger partial charge in [-0.15, -0.1) is 0 Å². The van der Waals surface area contributed by atoms with Crippen molar-refractivity contribution in [2.24, 2.45) is 0 Å². The first-order valence-corrected chi connectivity index (χ1v) is 10.4. The number of nitrogens with one attached hydrogen (secondary N) is 1. The summed E-state index contributed by atoms with van der Waals surface area (Å²) >= 11 is 0. The quantitative estimate of drug-likeness (QED) is 0.633.